The third-order valence-corrected chi connectivity index (χ3v) is 3.35. The maximum Gasteiger partial charge on any atom is 0.394 e. The molecule has 0 aromatic heterocycles. The standard InChI is InChI=1S/C10H14F3NO2/c11-10(12,13)9(2-3-9)4-6-16-7-1-5-14-8(7)15/h7H,1-6H2,(H,14,15). The number of nitrogens with one attached hydrogen (secondary N) is 1. The predicted molar refractivity (Wildman–Crippen MR) is 49.7 cm³/mol. The summed E-state index contributed by atoms with van der Waals surface area (Å²) in [5.41, 5.74) is -1.53. The first-order chi connectivity index (χ1) is 7.45. The number of rotatable bonds is 4. The van der Waals surface area contributed by atoms with E-state index in [1.807, 2.05) is 0 Å². The lowest BCUT2D eigenvalue weighted by Crippen LogP contribution is -2.29. The number of hydrogen-bond donors (Lipinski definition) is 1. The highest BCUT2D eigenvalue weighted by atomic mass is 19.4. The fourth-order valence-electron chi connectivity index (χ4n) is 1.95. The first kappa shape index (κ1) is 11.7. The van der Waals surface area contributed by atoms with Crippen molar-refractivity contribution in [3.63, 3.8) is 0 Å². The van der Waals surface area contributed by atoms with Crippen LogP contribution in [0.1, 0.15) is 25.7 Å². The van der Waals surface area contributed by atoms with Crippen LogP contribution in [0.15, 0.2) is 0 Å². The minimum Gasteiger partial charge on any atom is -0.368 e. The van der Waals surface area contributed by atoms with Crippen LogP contribution in [0.3, 0.4) is 0 Å². The number of carbonyl (C=O) groups is 1. The van der Waals surface area contributed by atoms with Gasteiger partial charge in [-0.1, -0.05) is 0 Å². The number of ether oxygens (including phenoxy) is 1. The van der Waals surface area contributed by atoms with Crippen molar-refractivity contribution < 1.29 is 22.7 Å². The predicted octanol–water partition coefficient (Wildman–Crippen LogP) is 1.62. The van der Waals surface area contributed by atoms with Crippen LogP contribution < -0.4 is 5.32 Å². The zero-order valence-corrected chi connectivity index (χ0v) is 8.77. The van der Waals surface area contributed by atoms with Gasteiger partial charge in [-0.3, -0.25) is 4.79 Å². The summed E-state index contributed by atoms with van der Waals surface area (Å²) >= 11 is 0. The van der Waals surface area contributed by atoms with Crippen molar-refractivity contribution in [1.29, 1.82) is 0 Å². The first-order valence-electron chi connectivity index (χ1n) is 5.41. The molecular formula is C10H14F3NO2. The zero-order valence-electron chi connectivity index (χ0n) is 8.77. The summed E-state index contributed by atoms with van der Waals surface area (Å²) in [7, 11) is 0. The molecule has 16 heavy (non-hydrogen) atoms. The zero-order chi connectivity index (χ0) is 11.8. The molecule has 1 aliphatic carbocycles. The van der Waals surface area contributed by atoms with Crippen molar-refractivity contribution in [2.24, 2.45) is 5.41 Å². The maximum atomic E-state index is 12.5. The highest BCUT2D eigenvalue weighted by Gasteiger charge is 2.62. The summed E-state index contributed by atoms with van der Waals surface area (Å²) in [5, 5.41) is 2.58. The van der Waals surface area contributed by atoms with Gasteiger partial charge in [-0.25, -0.2) is 0 Å². The summed E-state index contributed by atoms with van der Waals surface area (Å²) in [6, 6.07) is 0. The minimum absolute atomic E-state index is 0.0115. The van der Waals surface area contributed by atoms with Crippen molar-refractivity contribution in [3.05, 3.63) is 0 Å². The summed E-state index contributed by atoms with van der Waals surface area (Å²) in [6.45, 7) is 0.561. The Kier molecular flexibility index (Phi) is 2.86. The van der Waals surface area contributed by atoms with Gasteiger partial charge in [-0.05, 0) is 25.7 Å². The summed E-state index contributed by atoms with van der Waals surface area (Å²) in [6.07, 6.45) is -3.77. The molecule has 1 saturated carbocycles. The van der Waals surface area contributed by atoms with Crippen LogP contribution in [0.2, 0.25) is 0 Å². The molecule has 1 saturated heterocycles. The van der Waals surface area contributed by atoms with E-state index in [0.29, 0.717) is 13.0 Å². The van der Waals surface area contributed by atoms with Crippen LogP contribution in [-0.4, -0.2) is 31.3 Å². The summed E-state index contributed by atoms with van der Waals surface area (Å²) in [4.78, 5) is 11.1. The van der Waals surface area contributed by atoms with E-state index >= 15 is 0 Å². The van der Waals surface area contributed by atoms with Crippen molar-refractivity contribution in [2.75, 3.05) is 13.2 Å². The first-order valence-corrected chi connectivity index (χ1v) is 5.41. The van der Waals surface area contributed by atoms with Crippen molar-refractivity contribution in [1.82, 2.24) is 5.32 Å². The van der Waals surface area contributed by atoms with Gasteiger partial charge in [0.2, 0.25) is 5.91 Å². The van der Waals surface area contributed by atoms with Gasteiger partial charge in [0, 0.05) is 13.2 Å². The topological polar surface area (TPSA) is 38.3 Å². The van der Waals surface area contributed by atoms with E-state index in [0.717, 1.165) is 0 Å². The second kappa shape index (κ2) is 3.91. The normalized spacial score (nSPS) is 27.9. The second-order valence-corrected chi connectivity index (χ2v) is 4.47. The molecule has 1 atom stereocenters. The molecule has 1 amide bonds. The van der Waals surface area contributed by atoms with Crippen LogP contribution in [0.5, 0.6) is 0 Å². The molecule has 6 heteroatoms. The average Bonchev–Trinajstić information content (AvgIpc) is 2.87. The number of hydrogen-bond acceptors (Lipinski definition) is 2. The molecule has 2 rings (SSSR count). The van der Waals surface area contributed by atoms with E-state index in [2.05, 4.69) is 5.32 Å². The fraction of sp³-hybridized carbons (Fsp3) is 0.900. The molecule has 0 spiro atoms. The Morgan fingerprint density at radius 2 is 2.12 bits per heavy atom. The SMILES string of the molecule is O=C1NCCC1OCCC1(C(F)(F)F)CC1. The van der Waals surface area contributed by atoms with Gasteiger partial charge >= 0.3 is 6.18 Å². The van der Waals surface area contributed by atoms with E-state index in [-0.39, 0.29) is 31.8 Å². The van der Waals surface area contributed by atoms with Gasteiger partial charge in [-0.15, -0.1) is 0 Å². The van der Waals surface area contributed by atoms with Gasteiger partial charge in [0.05, 0.1) is 5.41 Å². The molecule has 0 aromatic carbocycles. The Labute approximate surface area is 91.3 Å². The van der Waals surface area contributed by atoms with Gasteiger partial charge in [0.1, 0.15) is 6.10 Å². The molecule has 2 aliphatic rings. The van der Waals surface area contributed by atoms with Crippen molar-refractivity contribution >= 4 is 5.91 Å². The molecule has 2 fully saturated rings. The van der Waals surface area contributed by atoms with E-state index in [4.69, 9.17) is 4.74 Å². The lowest BCUT2D eigenvalue weighted by molar-refractivity contribution is -0.192. The Morgan fingerprint density at radius 1 is 1.44 bits per heavy atom. The van der Waals surface area contributed by atoms with Crippen LogP contribution in [0, 0.1) is 5.41 Å². The van der Waals surface area contributed by atoms with E-state index < -0.39 is 17.7 Å². The van der Waals surface area contributed by atoms with E-state index in [1.165, 1.54) is 0 Å². The molecule has 0 bridgehead atoms. The number of carbonyl (C=O) groups excluding carboxylic acids is 1. The second-order valence-electron chi connectivity index (χ2n) is 4.47. The quantitative estimate of drug-likeness (QED) is 0.807. The molecule has 1 heterocycles. The maximum absolute atomic E-state index is 12.5. The highest BCUT2D eigenvalue weighted by Crippen LogP contribution is 2.59. The molecule has 92 valence electrons. The lowest BCUT2D eigenvalue weighted by atomic mass is 10.0. The largest absolute Gasteiger partial charge is 0.394 e. The fourth-order valence-corrected chi connectivity index (χ4v) is 1.95. The molecule has 3 nitrogen and oxygen atoms in total. The molecule has 1 aliphatic heterocycles. The van der Waals surface area contributed by atoms with E-state index in [1.54, 1.807) is 0 Å². The Morgan fingerprint density at radius 3 is 2.56 bits per heavy atom. The number of alkyl halides is 3. The Balaban J connectivity index is 1.74. The molecule has 0 aromatic rings. The molecule has 0 radical (unpaired) electrons. The Hall–Kier alpha value is -0.780. The summed E-state index contributed by atoms with van der Waals surface area (Å²) < 4.78 is 42.8. The third kappa shape index (κ3) is 2.16. The molecular weight excluding hydrogens is 223 g/mol. The lowest BCUT2D eigenvalue weighted by Gasteiger charge is -2.19. The highest BCUT2D eigenvalue weighted by molar-refractivity contribution is 5.82. The Bertz CT molecular complexity index is 286. The summed E-state index contributed by atoms with van der Waals surface area (Å²) in [5.74, 6) is -0.211. The molecule has 1 N–H and O–H groups in total. The van der Waals surface area contributed by atoms with Crippen LogP contribution in [0.25, 0.3) is 0 Å². The van der Waals surface area contributed by atoms with Crippen LogP contribution in [0.4, 0.5) is 13.2 Å². The van der Waals surface area contributed by atoms with Gasteiger partial charge in [0.25, 0.3) is 0 Å². The average molecular weight is 237 g/mol. The van der Waals surface area contributed by atoms with E-state index in [9.17, 15) is 18.0 Å². The van der Waals surface area contributed by atoms with Crippen LogP contribution in [-0.2, 0) is 9.53 Å². The molecule has 1 unspecified atom stereocenters. The number of halogens is 3. The smallest absolute Gasteiger partial charge is 0.368 e. The minimum atomic E-state index is -4.13. The van der Waals surface area contributed by atoms with Crippen molar-refractivity contribution in [2.45, 2.75) is 38.0 Å². The third-order valence-electron chi connectivity index (χ3n) is 3.35. The number of amides is 1. The van der Waals surface area contributed by atoms with Gasteiger partial charge in [-0.2, -0.15) is 13.2 Å². The van der Waals surface area contributed by atoms with Crippen molar-refractivity contribution in [3.8, 4) is 0 Å². The monoisotopic (exact) mass is 237 g/mol. The van der Waals surface area contributed by atoms with Crippen LogP contribution >= 0.6 is 0 Å². The van der Waals surface area contributed by atoms with Gasteiger partial charge in [0.15, 0.2) is 0 Å². The van der Waals surface area contributed by atoms with Gasteiger partial charge < -0.3 is 10.1 Å².